The minimum absolute atomic E-state index is 0.133. The van der Waals surface area contributed by atoms with Crippen LogP contribution in [0.1, 0.15) is 24.9 Å². The molecule has 1 atom stereocenters. The van der Waals surface area contributed by atoms with Gasteiger partial charge in [0.15, 0.2) is 11.6 Å². The number of benzene rings is 1. The highest BCUT2D eigenvalue weighted by atomic mass is 79.9. The predicted octanol–water partition coefficient (Wildman–Crippen LogP) is 3.40. The number of terminal acetylenes is 1. The van der Waals surface area contributed by atoms with Gasteiger partial charge in [-0.05, 0) is 34.1 Å². The predicted molar refractivity (Wildman–Crippen MR) is 63.9 cm³/mol. The zero-order valence-corrected chi connectivity index (χ0v) is 10.4. The van der Waals surface area contributed by atoms with E-state index in [1.165, 1.54) is 6.07 Å². The van der Waals surface area contributed by atoms with Crippen LogP contribution in [-0.2, 0) is 0 Å². The van der Waals surface area contributed by atoms with Gasteiger partial charge in [-0.25, -0.2) is 8.78 Å². The molecule has 0 spiro atoms. The maximum absolute atomic E-state index is 13.3. The van der Waals surface area contributed by atoms with Crippen molar-refractivity contribution in [3.05, 3.63) is 33.8 Å². The summed E-state index contributed by atoms with van der Waals surface area (Å²) >= 11 is 3.05. The quantitative estimate of drug-likeness (QED) is 0.661. The Kier molecular flexibility index (Phi) is 4.91. The molecule has 0 amide bonds. The van der Waals surface area contributed by atoms with Gasteiger partial charge in [-0.2, -0.15) is 0 Å². The van der Waals surface area contributed by atoms with Gasteiger partial charge in [-0.3, -0.25) is 0 Å². The van der Waals surface area contributed by atoms with Gasteiger partial charge in [0.2, 0.25) is 0 Å². The Labute approximate surface area is 102 Å². The normalized spacial score (nSPS) is 12.2. The summed E-state index contributed by atoms with van der Waals surface area (Å²) in [5.74, 6) is 0.767. The molecule has 86 valence electrons. The summed E-state index contributed by atoms with van der Waals surface area (Å²) in [6.07, 6.45) is 5.67. The third-order valence-corrected chi connectivity index (χ3v) is 3.02. The standard InChI is InChI=1S/C12H12BrF2N/c1-3-5-10(16-4-2)8-6-7-9(14)12(15)11(8)13/h1,6-7,10,16H,4-5H2,2H3. The molecule has 1 N–H and O–H groups in total. The number of hydrogen-bond donors (Lipinski definition) is 1. The van der Waals surface area contributed by atoms with Crippen LogP contribution >= 0.6 is 15.9 Å². The molecule has 0 saturated heterocycles. The average molecular weight is 288 g/mol. The molecule has 0 radical (unpaired) electrons. The van der Waals surface area contributed by atoms with Crippen molar-refractivity contribution in [2.45, 2.75) is 19.4 Å². The fourth-order valence-electron chi connectivity index (χ4n) is 1.47. The van der Waals surface area contributed by atoms with Crippen molar-refractivity contribution in [1.82, 2.24) is 5.32 Å². The first kappa shape index (κ1) is 13.1. The molecule has 0 aliphatic rings. The molecule has 0 saturated carbocycles. The van der Waals surface area contributed by atoms with E-state index in [-0.39, 0.29) is 10.5 Å². The van der Waals surface area contributed by atoms with E-state index in [4.69, 9.17) is 6.42 Å². The maximum atomic E-state index is 13.3. The monoisotopic (exact) mass is 287 g/mol. The van der Waals surface area contributed by atoms with Gasteiger partial charge in [-0.15, -0.1) is 12.3 Å². The Morgan fingerprint density at radius 1 is 1.50 bits per heavy atom. The number of nitrogens with one attached hydrogen (secondary N) is 1. The van der Waals surface area contributed by atoms with Crippen LogP contribution < -0.4 is 5.32 Å². The van der Waals surface area contributed by atoms with Crippen LogP contribution in [0.25, 0.3) is 0 Å². The van der Waals surface area contributed by atoms with Gasteiger partial charge in [-0.1, -0.05) is 13.0 Å². The van der Waals surface area contributed by atoms with Gasteiger partial charge < -0.3 is 5.32 Å². The molecule has 1 aromatic carbocycles. The molecule has 0 aliphatic heterocycles. The second kappa shape index (κ2) is 5.97. The fourth-order valence-corrected chi connectivity index (χ4v) is 2.06. The van der Waals surface area contributed by atoms with E-state index in [2.05, 4.69) is 27.2 Å². The van der Waals surface area contributed by atoms with Crippen molar-refractivity contribution >= 4 is 15.9 Å². The summed E-state index contributed by atoms with van der Waals surface area (Å²) in [5.41, 5.74) is 0.638. The van der Waals surface area contributed by atoms with E-state index in [1.54, 1.807) is 0 Å². The molecule has 1 aromatic rings. The highest BCUT2D eigenvalue weighted by Gasteiger charge is 2.17. The second-order valence-electron chi connectivity index (χ2n) is 3.28. The van der Waals surface area contributed by atoms with Crippen molar-refractivity contribution in [1.29, 1.82) is 0 Å². The molecule has 1 nitrogen and oxygen atoms in total. The lowest BCUT2D eigenvalue weighted by atomic mass is 10.0. The Bertz CT molecular complexity index is 412. The van der Waals surface area contributed by atoms with Crippen LogP contribution in [0.15, 0.2) is 16.6 Å². The molecule has 4 heteroatoms. The van der Waals surface area contributed by atoms with Gasteiger partial charge in [0.05, 0.1) is 4.47 Å². The van der Waals surface area contributed by atoms with Crippen molar-refractivity contribution in [2.75, 3.05) is 6.54 Å². The first-order valence-electron chi connectivity index (χ1n) is 4.92. The maximum Gasteiger partial charge on any atom is 0.173 e. The van der Waals surface area contributed by atoms with E-state index in [9.17, 15) is 8.78 Å². The SMILES string of the molecule is C#CCC(NCC)c1ccc(F)c(F)c1Br. The lowest BCUT2D eigenvalue weighted by molar-refractivity contribution is 0.493. The van der Waals surface area contributed by atoms with Gasteiger partial charge >= 0.3 is 0 Å². The summed E-state index contributed by atoms with van der Waals surface area (Å²) < 4.78 is 26.4. The average Bonchev–Trinajstić information content (AvgIpc) is 2.26. The molecule has 0 aromatic heterocycles. The molecule has 1 unspecified atom stereocenters. The smallest absolute Gasteiger partial charge is 0.173 e. The van der Waals surface area contributed by atoms with Crippen LogP contribution in [0.2, 0.25) is 0 Å². The fraction of sp³-hybridized carbons (Fsp3) is 0.333. The number of halogens is 3. The first-order chi connectivity index (χ1) is 7.61. The largest absolute Gasteiger partial charge is 0.309 e. The zero-order valence-electron chi connectivity index (χ0n) is 8.86. The molecule has 0 heterocycles. The van der Waals surface area contributed by atoms with Crippen LogP contribution in [0.4, 0.5) is 8.78 Å². The number of hydrogen-bond acceptors (Lipinski definition) is 1. The molecule has 0 fully saturated rings. The van der Waals surface area contributed by atoms with Crippen molar-refractivity contribution < 1.29 is 8.78 Å². The highest BCUT2D eigenvalue weighted by molar-refractivity contribution is 9.10. The van der Waals surface area contributed by atoms with E-state index in [1.807, 2.05) is 6.92 Å². The van der Waals surface area contributed by atoms with Gasteiger partial charge in [0.25, 0.3) is 0 Å². The van der Waals surface area contributed by atoms with Crippen LogP contribution in [-0.4, -0.2) is 6.54 Å². The van der Waals surface area contributed by atoms with E-state index < -0.39 is 11.6 Å². The third kappa shape index (κ3) is 2.81. The Morgan fingerprint density at radius 2 is 2.19 bits per heavy atom. The van der Waals surface area contributed by atoms with Gasteiger partial charge in [0, 0.05) is 12.5 Å². The molecule has 1 rings (SSSR count). The third-order valence-electron chi connectivity index (χ3n) is 2.21. The van der Waals surface area contributed by atoms with Crippen LogP contribution in [0.5, 0.6) is 0 Å². The summed E-state index contributed by atoms with van der Waals surface area (Å²) in [4.78, 5) is 0. The second-order valence-corrected chi connectivity index (χ2v) is 4.08. The topological polar surface area (TPSA) is 12.0 Å². The van der Waals surface area contributed by atoms with Crippen LogP contribution in [0, 0.1) is 24.0 Å². The first-order valence-corrected chi connectivity index (χ1v) is 5.71. The van der Waals surface area contributed by atoms with E-state index in [0.717, 1.165) is 6.07 Å². The van der Waals surface area contributed by atoms with E-state index >= 15 is 0 Å². The molecule has 0 bridgehead atoms. The molecular weight excluding hydrogens is 276 g/mol. The minimum Gasteiger partial charge on any atom is -0.309 e. The minimum atomic E-state index is -0.877. The lowest BCUT2D eigenvalue weighted by Crippen LogP contribution is -2.21. The van der Waals surface area contributed by atoms with Crippen LogP contribution in [0.3, 0.4) is 0 Å². The number of rotatable bonds is 4. The summed E-state index contributed by atoms with van der Waals surface area (Å²) in [7, 11) is 0. The Hall–Kier alpha value is -0.920. The van der Waals surface area contributed by atoms with Crippen molar-refractivity contribution in [3.8, 4) is 12.3 Å². The van der Waals surface area contributed by atoms with Crippen molar-refractivity contribution in [3.63, 3.8) is 0 Å². The molecule has 16 heavy (non-hydrogen) atoms. The van der Waals surface area contributed by atoms with Gasteiger partial charge in [0.1, 0.15) is 0 Å². The van der Waals surface area contributed by atoms with Crippen molar-refractivity contribution in [2.24, 2.45) is 0 Å². The zero-order chi connectivity index (χ0) is 12.1. The summed E-state index contributed by atoms with van der Waals surface area (Å²) in [6, 6.07) is 2.48. The van der Waals surface area contributed by atoms with E-state index in [0.29, 0.717) is 18.5 Å². The lowest BCUT2D eigenvalue weighted by Gasteiger charge is -2.17. The summed E-state index contributed by atoms with van der Waals surface area (Å²) in [6.45, 7) is 2.63. The molecular formula is C12H12BrF2N. The summed E-state index contributed by atoms with van der Waals surface area (Å²) in [5, 5.41) is 3.13. The Balaban J connectivity index is 3.10. The Morgan fingerprint density at radius 3 is 2.75 bits per heavy atom. The highest BCUT2D eigenvalue weighted by Crippen LogP contribution is 2.29. The molecule has 0 aliphatic carbocycles.